The summed E-state index contributed by atoms with van der Waals surface area (Å²) in [7, 11) is 0. The van der Waals surface area contributed by atoms with Crippen LogP contribution in [0.2, 0.25) is 5.02 Å². The third kappa shape index (κ3) is 5.13. The molecule has 1 unspecified atom stereocenters. The molecule has 1 aromatic heterocycles. The average molecular weight is 533 g/mol. The maximum Gasteiger partial charge on any atom is 0.131 e. The van der Waals surface area contributed by atoms with Gasteiger partial charge in [-0.2, -0.15) is 0 Å². The van der Waals surface area contributed by atoms with Crippen LogP contribution < -0.4 is 4.74 Å². The number of hydrogen-bond donors (Lipinski definition) is 2. The molecule has 2 aliphatic heterocycles. The summed E-state index contributed by atoms with van der Waals surface area (Å²) in [6, 6.07) is 17.6. The van der Waals surface area contributed by atoms with Crippen molar-refractivity contribution >= 4 is 17.2 Å². The van der Waals surface area contributed by atoms with Gasteiger partial charge in [0.2, 0.25) is 0 Å². The van der Waals surface area contributed by atoms with Crippen LogP contribution in [0.5, 0.6) is 5.75 Å². The Bertz CT molecular complexity index is 1340. The van der Waals surface area contributed by atoms with E-state index >= 15 is 0 Å². The number of pyridine rings is 1. The van der Waals surface area contributed by atoms with Gasteiger partial charge in [-0.05, 0) is 73.7 Å². The van der Waals surface area contributed by atoms with Crippen LogP contribution in [0.3, 0.4) is 0 Å². The fourth-order valence-electron chi connectivity index (χ4n) is 5.83. The van der Waals surface area contributed by atoms with Gasteiger partial charge in [0.15, 0.2) is 0 Å². The first kappa shape index (κ1) is 26.9. The monoisotopic (exact) mass is 532 g/mol. The second-order valence-electron chi connectivity index (χ2n) is 11.7. The lowest BCUT2D eigenvalue weighted by molar-refractivity contribution is -0.125. The highest BCUT2D eigenvalue weighted by Gasteiger charge is 2.48. The molecule has 5 rings (SSSR count). The third-order valence-electron chi connectivity index (χ3n) is 8.16. The number of piperidine rings is 1. The second kappa shape index (κ2) is 10.1. The van der Waals surface area contributed by atoms with E-state index in [1.165, 1.54) is 0 Å². The van der Waals surface area contributed by atoms with Crippen LogP contribution in [-0.2, 0) is 17.8 Å². The molecular formula is C32H37ClN2O3. The minimum Gasteiger partial charge on any atom is -0.487 e. The molecule has 2 aliphatic rings. The minimum atomic E-state index is -0.954. The largest absolute Gasteiger partial charge is 0.487 e. The van der Waals surface area contributed by atoms with Gasteiger partial charge >= 0.3 is 0 Å². The number of hydrogen-bond acceptors (Lipinski definition) is 5. The summed E-state index contributed by atoms with van der Waals surface area (Å²) in [6.07, 6.45) is 5.58. The first-order chi connectivity index (χ1) is 18.0. The van der Waals surface area contributed by atoms with Crippen molar-refractivity contribution in [2.45, 2.75) is 58.3 Å². The molecule has 38 heavy (non-hydrogen) atoms. The van der Waals surface area contributed by atoms with Gasteiger partial charge < -0.3 is 19.8 Å². The van der Waals surface area contributed by atoms with Crippen molar-refractivity contribution in [2.24, 2.45) is 5.41 Å². The van der Waals surface area contributed by atoms with Crippen molar-refractivity contribution in [1.82, 2.24) is 9.88 Å². The molecule has 200 valence electrons. The quantitative estimate of drug-likeness (QED) is 0.404. The van der Waals surface area contributed by atoms with Crippen molar-refractivity contribution in [3.63, 3.8) is 0 Å². The van der Waals surface area contributed by atoms with Crippen molar-refractivity contribution in [3.8, 4) is 5.75 Å². The van der Waals surface area contributed by atoms with Gasteiger partial charge in [-0.3, -0.25) is 4.98 Å². The number of nitrogens with zero attached hydrogens (tertiary/aromatic N) is 2. The van der Waals surface area contributed by atoms with E-state index in [4.69, 9.17) is 16.3 Å². The Balaban J connectivity index is 1.39. The predicted molar refractivity (Wildman–Crippen MR) is 152 cm³/mol. The van der Waals surface area contributed by atoms with Crippen LogP contribution in [0.15, 0.2) is 66.9 Å². The highest BCUT2D eigenvalue weighted by molar-refractivity contribution is 6.30. The number of fused-ring (bicyclic) bond motifs is 2. The summed E-state index contributed by atoms with van der Waals surface area (Å²) in [4.78, 5) is 7.03. The molecule has 0 aliphatic carbocycles. The zero-order chi connectivity index (χ0) is 27.1. The van der Waals surface area contributed by atoms with E-state index < -0.39 is 11.2 Å². The van der Waals surface area contributed by atoms with E-state index in [0.717, 1.165) is 65.3 Å². The predicted octanol–water partition coefficient (Wildman–Crippen LogP) is 6.30. The molecule has 0 radical (unpaired) electrons. The molecule has 1 atom stereocenters. The summed E-state index contributed by atoms with van der Waals surface area (Å²) >= 11 is 6.10. The van der Waals surface area contributed by atoms with E-state index in [0.29, 0.717) is 18.1 Å². The number of ether oxygens (including phenoxy) is 1. The molecule has 6 heteroatoms. The van der Waals surface area contributed by atoms with Gasteiger partial charge in [-0.25, -0.2) is 0 Å². The first-order valence-corrected chi connectivity index (χ1v) is 13.7. The Kier molecular flexibility index (Phi) is 7.16. The van der Waals surface area contributed by atoms with Crippen LogP contribution >= 0.6 is 11.6 Å². The van der Waals surface area contributed by atoms with Crippen LogP contribution in [0.25, 0.3) is 5.57 Å². The van der Waals surface area contributed by atoms with Crippen LogP contribution in [0.4, 0.5) is 0 Å². The van der Waals surface area contributed by atoms with Gasteiger partial charge in [0.1, 0.15) is 12.4 Å². The number of halogens is 1. The summed E-state index contributed by atoms with van der Waals surface area (Å²) in [5.41, 5.74) is 3.63. The Morgan fingerprint density at radius 1 is 1.11 bits per heavy atom. The molecule has 0 amide bonds. The average Bonchev–Trinajstić information content (AvgIpc) is 3.02. The zero-order valence-electron chi connectivity index (χ0n) is 22.7. The van der Waals surface area contributed by atoms with Crippen molar-refractivity contribution in [3.05, 3.63) is 99.8 Å². The SMILES string of the molecule is CC(C)(O)c1ccc2c(c1)/C(=C/CCN1CCC(O)(c3ccc(Cl)cc3)C(C)(C)C1)c1cccnc1CO2. The number of aliphatic hydroxyl groups is 2. The molecule has 5 nitrogen and oxygen atoms in total. The summed E-state index contributed by atoms with van der Waals surface area (Å²) in [6.45, 7) is 10.8. The van der Waals surface area contributed by atoms with Crippen molar-refractivity contribution in [2.75, 3.05) is 19.6 Å². The lowest BCUT2D eigenvalue weighted by Gasteiger charge is -2.50. The smallest absolute Gasteiger partial charge is 0.131 e. The van der Waals surface area contributed by atoms with Crippen molar-refractivity contribution < 1.29 is 14.9 Å². The van der Waals surface area contributed by atoms with Gasteiger partial charge in [0, 0.05) is 47.4 Å². The molecule has 3 aromatic rings. The first-order valence-electron chi connectivity index (χ1n) is 13.3. The lowest BCUT2D eigenvalue weighted by Crippen LogP contribution is -2.55. The summed E-state index contributed by atoms with van der Waals surface area (Å²) < 4.78 is 6.14. The summed E-state index contributed by atoms with van der Waals surface area (Å²) in [5, 5.41) is 23.1. The van der Waals surface area contributed by atoms with E-state index in [-0.39, 0.29) is 5.41 Å². The Labute approximate surface area is 230 Å². The van der Waals surface area contributed by atoms with Gasteiger partial charge in [0.05, 0.1) is 16.9 Å². The molecule has 0 spiro atoms. The summed E-state index contributed by atoms with van der Waals surface area (Å²) in [5.74, 6) is 0.800. The van der Waals surface area contributed by atoms with E-state index in [2.05, 4.69) is 35.9 Å². The number of rotatable bonds is 5. The molecule has 3 heterocycles. The fourth-order valence-corrected chi connectivity index (χ4v) is 5.95. The standard InChI is InChI=1S/C32H37ClN2O3/c1-30(2)21-35(18-15-32(30,37)22-9-12-24(33)13-10-22)17-6-8-25-26-7-5-16-34-28(26)20-38-29-14-11-23(19-27(25)29)31(3,4)36/h5,7-14,16,19,36-37H,6,15,17-18,20-21H2,1-4H3/b25-8+. The maximum absolute atomic E-state index is 11.7. The molecule has 2 N–H and O–H groups in total. The van der Waals surface area contributed by atoms with Crippen molar-refractivity contribution in [1.29, 1.82) is 0 Å². The molecule has 2 aromatic carbocycles. The Morgan fingerprint density at radius 3 is 2.58 bits per heavy atom. The maximum atomic E-state index is 11.7. The number of aromatic nitrogens is 1. The van der Waals surface area contributed by atoms with Gasteiger partial charge in [0.25, 0.3) is 0 Å². The van der Waals surface area contributed by atoms with Crippen LogP contribution in [0, 0.1) is 5.41 Å². The topological polar surface area (TPSA) is 65.8 Å². The second-order valence-corrected chi connectivity index (χ2v) is 12.2. The minimum absolute atomic E-state index is 0.326. The zero-order valence-corrected chi connectivity index (χ0v) is 23.4. The number of likely N-dealkylation sites (tertiary alicyclic amines) is 1. The van der Waals surface area contributed by atoms with Crippen LogP contribution in [0.1, 0.15) is 68.5 Å². The number of benzene rings is 2. The molecular weight excluding hydrogens is 496 g/mol. The lowest BCUT2D eigenvalue weighted by atomic mass is 9.66. The fraction of sp³-hybridized carbons (Fsp3) is 0.406. The van der Waals surface area contributed by atoms with Gasteiger partial charge in [-0.15, -0.1) is 0 Å². The highest BCUT2D eigenvalue weighted by atomic mass is 35.5. The molecule has 1 fully saturated rings. The van der Waals surface area contributed by atoms with E-state index in [9.17, 15) is 10.2 Å². The Hall–Kier alpha value is -2.70. The third-order valence-corrected chi connectivity index (χ3v) is 8.42. The van der Waals surface area contributed by atoms with E-state index in [1.807, 2.05) is 48.5 Å². The van der Waals surface area contributed by atoms with Gasteiger partial charge in [-0.1, -0.05) is 55.8 Å². The normalized spacial score (nSPS) is 22.3. The molecule has 0 saturated carbocycles. The van der Waals surface area contributed by atoms with Crippen LogP contribution in [-0.4, -0.2) is 39.7 Å². The van der Waals surface area contributed by atoms with E-state index in [1.54, 1.807) is 20.0 Å². The molecule has 1 saturated heterocycles. The Morgan fingerprint density at radius 2 is 1.87 bits per heavy atom. The highest BCUT2D eigenvalue weighted by Crippen LogP contribution is 2.46. The molecule has 0 bridgehead atoms.